The van der Waals surface area contributed by atoms with E-state index >= 15 is 0 Å². The van der Waals surface area contributed by atoms with Gasteiger partial charge in [0.2, 0.25) is 0 Å². The molecule has 0 aliphatic heterocycles. The molecule has 0 bridgehead atoms. The van der Waals surface area contributed by atoms with Crippen LogP contribution in [-0.4, -0.2) is 20.3 Å². The number of rotatable bonds is 5. The quantitative estimate of drug-likeness (QED) is 0.803. The Bertz CT molecular complexity index is 497. The highest BCUT2D eigenvalue weighted by Crippen LogP contribution is 2.28. The van der Waals surface area contributed by atoms with Gasteiger partial charge in [0.05, 0.1) is 6.61 Å². The summed E-state index contributed by atoms with van der Waals surface area (Å²) in [4.78, 5) is 0. The minimum absolute atomic E-state index is 0.541. The Morgan fingerprint density at radius 1 is 1.00 bits per heavy atom. The first-order valence-electron chi connectivity index (χ1n) is 5.69. The molecule has 2 N–H and O–H groups in total. The van der Waals surface area contributed by atoms with E-state index in [9.17, 15) is 0 Å². The van der Waals surface area contributed by atoms with Crippen LogP contribution in [0.3, 0.4) is 0 Å². The number of fused-ring (bicyclic) bond motifs is 1. The van der Waals surface area contributed by atoms with Crippen molar-refractivity contribution in [2.24, 2.45) is 5.73 Å². The molecule has 0 spiro atoms. The summed E-state index contributed by atoms with van der Waals surface area (Å²) in [5.41, 5.74) is 6.87. The standard InChI is InChI=1S/C14H17NO2/c1-16-8-9-17-14-7-6-11(10-15)12-4-2-3-5-13(12)14/h2-7H,8-10,15H2,1H3. The van der Waals surface area contributed by atoms with Crippen LogP contribution in [0.1, 0.15) is 5.56 Å². The van der Waals surface area contributed by atoms with Crippen LogP contribution in [0.5, 0.6) is 5.75 Å². The number of hydrogen-bond donors (Lipinski definition) is 1. The SMILES string of the molecule is COCCOc1ccc(CN)c2ccccc12. The predicted molar refractivity (Wildman–Crippen MR) is 69.2 cm³/mol. The van der Waals surface area contributed by atoms with Crippen LogP contribution in [0.2, 0.25) is 0 Å². The van der Waals surface area contributed by atoms with Gasteiger partial charge in [-0.2, -0.15) is 0 Å². The van der Waals surface area contributed by atoms with Gasteiger partial charge in [-0.1, -0.05) is 30.3 Å². The second-order valence-corrected chi connectivity index (χ2v) is 3.81. The first-order valence-corrected chi connectivity index (χ1v) is 5.69. The van der Waals surface area contributed by atoms with Crippen LogP contribution in [0, 0.1) is 0 Å². The van der Waals surface area contributed by atoms with Crippen LogP contribution in [-0.2, 0) is 11.3 Å². The molecule has 0 heterocycles. The second-order valence-electron chi connectivity index (χ2n) is 3.81. The van der Waals surface area contributed by atoms with E-state index in [1.807, 2.05) is 24.3 Å². The molecule has 0 amide bonds. The Kier molecular flexibility index (Phi) is 3.96. The first-order chi connectivity index (χ1) is 8.36. The van der Waals surface area contributed by atoms with E-state index < -0.39 is 0 Å². The van der Waals surface area contributed by atoms with Crippen molar-refractivity contribution in [1.29, 1.82) is 0 Å². The maximum Gasteiger partial charge on any atom is 0.127 e. The third kappa shape index (κ3) is 2.57. The van der Waals surface area contributed by atoms with Crippen LogP contribution in [0.4, 0.5) is 0 Å². The van der Waals surface area contributed by atoms with Gasteiger partial charge in [-0.05, 0) is 17.0 Å². The summed E-state index contributed by atoms with van der Waals surface area (Å²) in [6.45, 7) is 1.69. The van der Waals surface area contributed by atoms with Gasteiger partial charge in [0.15, 0.2) is 0 Å². The molecule has 90 valence electrons. The fourth-order valence-corrected chi connectivity index (χ4v) is 1.87. The average Bonchev–Trinajstić information content (AvgIpc) is 2.39. The molecule has 0 atom stereocenters. The molecular formula is C14H17NO2. The number of nitrogens with two attached hydrogens (primary N) is 1. The van der Waals surface area contributed by atoms with Crippen LogP contribution in [0.25, 0.3) is 10.8 Å². The largest absolute Gasteiger partial charge is 0.491 e. The van der Waals surface area contributed by atoms with E-state index in [0.717, 1.165) is 22.1 Å². The molecule has 0 aliphatic carbocycles. The average molecular weight is 231 g/mol. The smallest absolute Gasteiger partial charge is 0.127 e. The van der Waals surface area contributed by atoms with E-state index in [1.54, 1.807) is 7.11 Å². The van der Waals surface area contributed by atoms with Gasteiger partial charge in [-0.25, -0.2) is 0 Å². The van der Waals surface area contributed by atoms with Crippen molar-refractivity contribution in [3.05, 3.63) is 42.0 Å². The van der Waals surface area contributed by atoms with Gasteiger partial charge in [0.1, 0.15) is 12.4 Å². The molecular weight excluding hydrogens is 214 g/mol. The summed E-state index contributed by atoms with van der Waals surface area (Å²) in [6, 6.07) is 12.1. The van der Waals surface area contributed by atoms with E-state index in [2.05, 4.69) is 12.1 Å². The number of methoxy groups -OCH3 is 1. The Morgan fingerprint density at radius 3 is 2.47 bits per heavy atom. The molecule has 0 unspecified atom stereocenters. The third-order valence-corrected chi connectivity index (χ3v) is 2.74. The van der Waals surface area contributed by atoms with Crippen LogP contribution >= 0.6 is 0 Å². The molecule has 2 aromatic carbocycles. The van der Waals surface area contributed by atoms with Gasteiger partial charge in [0.25, 0.3) is 0 Å². The molecule has 3 nitrogen and oxygen atoms in total. The fourth-order valence-electron chi connectivity index (χ4n) is 1.87. The third-order valence-electron chi connectivity index (χ3n) is 2.74. The summed E-state index contributed by atoms with van der Waals surface area (Å²) >= 11 is 0. The molecule has 0 saturated carbocycles. The molecule has 0 aliphatic rings. The number of ether oxygens (including phenoxy) is 2. The first kappa shape index (κ1) is 11.9. The summed E-state index contributed by atoms with van der Waals surface area (Å²) < 4.78 is 10.7. The zero-order chi connectivity index (χ0) is 12.1. The molecule has 0 aromatic heterocycles. The molecule has 17 heavy (non-hydrogen) atoms. The maximum absolute atomic E-state index is 5.73. The monoisotopic (exact) mass is 231 g/mol. The van der Waals surface area contributed by atoms with Crippen molar-refractivity contribution < 1.29 is 9.47 Å². The van der Waals surface area contributed by atoms with E-state index in [0.29, 0.717) is 19.8 Å². The Morgan fingerprint density at radius 2 is 1.76 bits per heavy atom. The Labute approximate surface area is 101 Å². The van der Waals surface area contributed by atoms with Crippen molar-refractivity contribution in [3.8, 4) is 5.75 Å². The van der Waals surface area contributed by atoms with Gasteiger partial charge < -0.3 is 15.2 Å². The topological polar surface area (TPSA) is 44.5 Å². The van der Waals surface area contributed by atoms with Crippen LogP contribution < -0.4 is 10.5 Å². The van der Waals surface area contributed by atoms with E-state index in [4.69, 9.17) is 15.2 Å². The summed E-state index contributed by atoms with van der Waals surface area (Å²) in [5, 5.41) is 2.26. The Balaban J connectivity index is 2.37. The summed E-state index contributed by atoms with van der Waals surface area (Å²) in [5.74, 6) is 0.884. The molecule has 0 saturated heterocycles. The van der Waals surface area contributed by atoms with E-state index in [-0.39, 0.29) is 0 Å². The number of benzene rings is 2. The van der Waals surface area contributed by atoms with Crippen molar-refractivity contribution >= 4 is 10.8 Å². The van der Waals surface area contributed by atoms with E-state index in [1.165, 1.54) is 0 Å². The molecule has 3 heteroatoms. The summed E-state index contributed by atoms with van der Waals surface area (Å²) in [7, 11) is 1.67. The van der Waals surface area contributed by atoms with Gasteiger partial charge >= 0.3 is 0 Å². The lowest BCUT2D eigenvalue weighted by Crippen LogP contribution is -2.05. The lowest BCUT2D eigenvalue weighted by Gasteiger charge is -2.11. The molecule has 0 fully saturated rings. The zero-order valence-corrected chi connectivity index (χ0v) is 9.98. The minimum atomic E-state index is 0.541. The lowest BCUT2D eigenvalue weighted by atomic mass is 10.0. The maximum atomic E-state index is 5.73. The van der Waals surface area contributed by atoms with Crippen LogP contribution in [0.15, 0.2) is 36.4 Å². The predicted octanol–water partition coefficient (Wildman–Crippen LogP) is 2.32. The minimum Gasteiger partial charge on any atom is -0.491 e. The Hall–Kier alpha value is -1.58. The molecule has 2 rings (SSSR count). The molecule has 2 aromatic rings. The number of hydrogen-bond acceptors (Lipinski definition) is 3. The highest BCUT2D eigenvalue weighted by molar-refractivity contribution is 5.91. The van der Waals surface area contributed by atoms with Crippen molar-refractivity contribution in [1.82, 2.24) is 0 Å². The second kappa shape index (κ2) is 5.66. The van der Waals surface area contributed by atoms with Gasteiger partial charge in [0, 0.05) is 19.0 Å². The van der Waals surface area contributed by atoms with Crippen molar-refractivity contribution in [3.63, 3.8) is 0 Å². The normalized spacial score (nSPS) is 10.7. The highest BCUT2D eigenvalue weighted by Gasteiger charge is 2.05. The fraction of sp³-hybridized carbons (Fsp3) is 0.286. The van der Waals surface area contributed by atoms with Crippen molar-refractivity contribution in [2.45, 2.75) is 6.54 Å². The van der Waals surface area contributed by atoms with Crippen molar-refractivity contribution in [2.75, 3.05) is 20.3 Å². The zero-order valence-electron chi connectivity index (χ0n) is 9.98. The highest BCUT2D eigenvalue weighted by atomic mass is 16.5. The van der Waals surface area contributed by atoms with Gasteiger partial charge in [-0.3, -0.25) is 0 Å². The van der Waals surface area contributed by atoms with Gasteiger partial charge in [-0.15, -0.1) is 0 Å². The molecule has 0 radical (unpaired) electrons. The lowest BCUT2D eigenvalue weighted by molar-refractivity contribution is 0.147. The summed E-state index contributed by atoms with van der Waals surface area (Å²) in [6.07, 6.45) is 0.